The van der Waals surface area contributed by atoms with E-state index in [1.54, 1.807) is 0 Å². The van der Waals surface area contributed by atoms with E-state index in [4.69, 9.17) is 21.1 Å². The van der Waals surface area contributed by atoms with Crippen LogP contribution >= 0.6 is 0 Å². The topological polar surface area (TPSA) is 138 Å². The van der Waals surface area contributed by atoms with Crippen LogP contribution < -0.4 is 5.73 Å². The minimum atomic E-state index is -1.76. The molecule has 5 N–H and O–H groups in total. The average Bonchev–Trinajstić information content (AvgIpc) is 1.81. The van der Waals surface area contributed by atoms with Crippen LogP contribution in [0.1, 0.15) is 6.42 Å². The van der Waals surface area contributed by atoms with Gasteiger partial charge in [0.1, 0.15) is 0 Å². The van der Waals surface area contributed by atoms with Crippen molar-refractivity contribution in [1.29, 1.82) is 0 Å². The molecule has 0 unspecified atom stereocenters. The molecule has 0 saturated heterocycles. The number of carboxylic acids is 3. The Bertz CT molecular complexity index is 275. The lowest BCUT2D eigenvalue weighted by Gasteiger charge is -2.00. The van der Waals surface area contributed by atoms with Gasteiger partial charge in [-0.25, -0.2) is 9.59 Å². The van der Waals surface area contributed by atoms with Crippen molar-refractivity contribution in [2.75, 3.05) is 0 Å². The lowest BCUT2D eigenvalue weighted by atomic mass is 10.1. The van der Waals surface area contributed by atoms with Crippen molar-refractivity contribution in [2.45, 2.75) is 6.42 Å². The molecule has 0 aromatic carbocycles. The number of aliphatic carboxylic acids is 3. The van der Waals surface area contributed by atoms with Crippen molar-refractivity contribution >= 4 is 17.9 Å². The average molecular weight is 189 g/mol. The van der Waals surface area contributed by atoms with E-state index in [9.17, 15) is 14.4 Å². The largest absolute Gasteiger partial charge is 0.481 e. The Labute approximate surface area is 72.1 Å². The molecule has 72 valence electrons. The van der Waals surface area contributed by atoms with E-state index in [2.05, 4.69) is 0 Å². The summed E-state index contributed by atoms with van der Waals surface area (Å²) in [6, 6.07) is 0. The number of hydrogen-bond donors (Lipinski definition) is 4. The summed E-state index contributed by atoms with van der Waals surface area (Å²) in [7, 11) is 0. The summed E-state index contributed by atoms with van der Waals surface area (Å²) < 4.78 is 0. The number of nitrogens with two attached hydrogens (primary N) is 1. The maximum Gasteiger partial charge on any atom is 0.344 e. The quantitative estimate of drug-likeness (QED) is 0.248. The van der Waals surface area contributed by atoms with E-state index in [0.717, 1.165) is 0 Å². The SMILES string of the molecule is NC(CC(=O)O)=C(C(=O)O)C(=O)O. The van der Waals surface area contributed by atoms with E-state index < -0.39 is 35.6 Å². The molecule has 0 aliphatic heterocycles. The lowest BCUT2D eigenvalue weighted by molar-refractivity contribution is -0.140. The minimum Gasteiger partial charge on any atom is -0.481 e. The van der Waals surface area contributed by atoms with Crippen LogP contribution in [0.5, 0.6) is 0 Å². The third kappa shape index (κ3) is 3.23. The number of hydrogen-bond acceptors (Lipinski definition) is 4. The molecule has 0 fully saturated rings. The van der Waals surface area contributed by atoms with Gasteiger partial charge >= 0.3 is 17.9 Å². The van der Waals surface area contributed by atoms with Crippen molar-refractivity contribution in [3.63, 3.8) is 0 Å². The van der Waals surface area contributed by atoms with Gasteiger partial charge in [-0.15, -0.1) is 0 Å². The molecule has 0 heterocycles. The monoisotopic (exact) mass is 189 g/mol. The van der Waals surface area contributed by atoms with E-state index in [1.807, 2.05) is 0 Å². The molecular formula is C6H7NO6. The van der Waals surface area contributed by atoms with Crippen molar-refractivity contribution in [3.8, 4) is 0 Å². The zero-order valence-electron chi connectivity index (χ0n) is 6.35. The second kappa shape index (κ2) is 4.10. The molecule has 0 atom stereocenters. The molecule has 0 bridgehead atoms. The van der Waals surface area contributed by atoms with E-state index in [1.165, 1.54) is 0 Å². The highest BCUT2D eigenvalue weighted by molar-refractivity contribution is 6.13. The smallest absolute Gasteiger partial charge is 0.344 e. The van der Waals surface area contributed by atoms with Gasteiger partial charge in [0, 0.05) is 5.70 Å². The van der Waals surface area contributed by atoms with Crippen LogP contribution in [0.2, 0.25) is 0 Å². The van der Waals surface area contributed by atoms with Crippen molar-refractivity contribution in [2.24, 2.45) is 5.73 Å². The van der Waals surface area contributed by atoms with Crippen molar-refractivity contribution in [3.05, 3.63) is 11.3 Å². The third-order valence-electron chi connectivity index (χ3n) is 1.09. The maximum absolute atomic E-state index is 10.3. The van der Waals surface area contributed by atoms with E-state index in [0.29, 0.717) is 0 Å². The van der Waals surface area contributed by atoms with Gasteiger partial charge in [0.2, 0.25) is 0 Å². The van der Waals surface area contributed by atoms with Crippen LogP contribution in [0.3, 0.4) is 0 Å². The third-order valence-corrected chi connectivity index (χ3v) is 1.09. The first kappa shape index (κ1) is 11.0. The van der Waals surface area contributed by atoms with Gasteiger partial charge in [-0.05, 0) is 0 Å². The van der Waals surface area contributed by atoms with Crippen LogP contribution in [-0.2, 0) is 14.4 Å². The Kier molecular flexibility index (Phi) is 3.45. The van der Waals surface area contributed by atoms with E-state index in [-0.39, 0.29) is 0 Å². The number of rotatable bonds is 4. The molecule has 0 rings (SSSR count). The standard InChI is InChI=1S/C6H7NO6/c7-2(1-3(8)9)4(5(10)11)6(12)13/h1,7H2,(H,8,9)(H,10,11)(H,12,13). The minimum absolute atomic E-state index is 0.687. The molecule has 0 aromatic heterocycles. The van der Waals surface area contributed by atoms with Crippen LogP contribution in [0.25, 0.3) is 0 Å². The van der Waals surface area contributed by atoms with Gasteiger partial charge in [0.05, 0.1) is 6.42 Å². The summed E-state index contributed by atoms with van der Waals surface area (Å²) >= 11 is 0. The highest BCUT2D eigenvalue weighted by atomic mass is 16.4. The second-order valence-corrected chi connectivity index (χ2v) is 2.08. The van der Waals surface area contributed by atoms with E-state index >= 15 is 0 Å². The van der Waals surface area contributed by atoms with Gasteiger partial charge in [-0.3, -0.25) is 4.79 Å². The summed E-state index contributed by atoms with van der Waals surface area (Å²) in [5, 5.41) is 24.8. The predicted molar refractivity (Wildman–Crippen MR) is 38.7 cm³/mol. The number of carboxylic acid groups (broad SMARTS) is 3. The maximum atomic E-state index is 10.3. The summed E-state index contributed by atoms with van der Waals surface area (Å²) in [5.74, 6) is -4.91. The van der Waals surface area contributed by atoms with Crippen LogP contribution in [-0.4, -0.2) is 33.2 Å². The second-order valence-electron chi connectivity index (χ2n) is 2.08. The Morgan fingerprint density at radius 3 is 1.62 bits per heavy atom. The summed E-state index contributed by atoms with van der Waals surface area (Å²) in [6.07, 6.45) is -0.812. The van der Waals surface area contributed by atoms with Gasteiger partial charge in [0.25, 0.3) is 0 Å². The molecule has 0 aliphatic carbocycles. The Morgan fingerprint density at radius 2 is 1.38 bits per heavy atom. The van der Waals surface area contributed by atoms with Crippen LogP contribution in [0.15, 0.2) is 11.3 Å². The molecule has 0 aliphatic rings. The summed E-state index contributed by atoms with van der Waals surface area (Å²) in [5.41, 5.74) is 3.16. The Hall–Kier alpha value is -2.05. The van der Waals surface area contributed by atoms with Crippen LogP contribution in [0, 0.1) is 0 Å². The number of carbonyl (C=O) groups is 3. The molecule has 13 heavy (non-hydrogen) atoms. The van der Waals surface area contributed by atoms with Gasteiger partial charge < -0.3 is 21.1 Å². The van der Waals surface area contributed by atoms with Crippen LogP contribution in [0.4, 0.5) is 0 Å². The first-order valence-corrected chi connectivity index (χ1v) is 3.03. The highest BCUT2D eigenvalue weighted by Gasteiger charge is 2.21. The van der Waals surface area contributed by atoms with Gasteiger partial charge in [-0.1, -0.05) is 0 Å². The Morgan fingerprint density at radius 1 is 1.00 bits per heavy atom. The summed E-state index contributed by atoms with van der Waals surface area (Å²) in [4.78, 5) is 30.6. The van der Waals surface area contributed by atoms with Crippen molar-refractivity contribution < 1.29 is 29.7 Å². The zero-order chi connectivity index (χ0) is 10.6. The molecule has 0 spiro atoms. The zero-order valence-corrected chi connectivity index (χ0v) is 6.35. The predicted octanol–water partition coefficient (Wildman–Crippen LogP) is -1.16. The normalized spacial score (nSPS) is 8.92. The molecule has 0 saturated carbocycles. The van der Waals surface area contributed by atoms with Crippen molar-refractivity contribution in [1.82, 2.24) is 0 Å². The fraction of sp³-hybridized carbons (Fsp3) is 0.167. The molecule has 0 amide bonds. The van der Waals surface area contributed by atoms with Gasteiger partial charge in [-0.2, -0.15) is 0 Å². The fourth-order valence-electron chi connectivity index (χ4n) is 0.617. The molecule has 0 radical (unpaired) electrons. The lowest BCUT2D eigenvalue weighted by Crippen LogP contribution is -2.19. The molecule has 0 aromatic rings. The molecule has 7 nitrogen and oxygen atoms in total. The molecule has 7 heteroatoms. The molecular weight excluding hydrogens is 182 g/mol. The first-order valence-electron chi connectivity index (χ1n) is 3.03. The summed E-state index contributed by atoms with van der Waals surface area (Å²) in [6.45, 7) is 0. The van der Waals surface area contributed by atoms with Gasteiger partial charge in [0.15, 0.2) is 5.57 Å². The fourth-order valence-corrected chi connectivity index (χ4v) is 0.617. The Balaban J connectivity index is 4.98. The highest BCUT2D eigenvalue weighted by Crippen LogP contribution is 2.03. The first-order chi connectivity index (χ1) is 5.86.